The van der Waals surface area contributed by atoms with Crippen LogP contribution in [0.25, 0.3) is 0 Å². The molecule has 0 fully saturated rings. The maximum atomic E-state index is 12.3. The third-order valence-corrected chi connectivity index (χ3v) is 4.93. The summed E-state index contributed by atoms with van der Waals surface area (Å²) in [6, 6.07) is 17.0. The zero-order valence-corrected chi connectivity index (χ0v) is 16.7. The number of nitrogens with zero attached hydrogens (tertiary/aromatic N) is 1. The molecule has 0 atom stereocenters. The van der Waals surface area contributed by atoms with Crippen LogP contribution in [0.2, 0.25) is 0 Å². The molecule has 29 heavy (non-hydrogen) atoms. The number of hydrogen-bond donors (Lipinski definition) is 3. The van der Waals surface area contributed by atoms with Crippen LogP contribution in [0.5, 0.6) is 0 Å². The van der Waals surface area contributed by atoms with Crippen LogP contribution in [-0.4, -0.2) is 31.8 Å². The van der Waals surface area contributed by atoms with Crippen molar-refractivity contribution in [3.63, 3.8) is 0 Å². The maximum absolute atomic E-state index is 12.3. The number of benzene rings is 2. The quantitative estimate of drug-likeness (QED) is 0.566. The van der Waals surface area contributed by atoms with E-state index in [1.807, 2.05) is 30.4 Å². The Morgan fingerprint density at radius 1 is 0.793 bits per heavy atom. The molecule has 0 bridgehead atoms. The molecular formula is C21H20N4O3S. The van der Waals surface area contributed by atoms with Crippen LogP contribution < -0.4 is 21.1 Å². The Bertz CT molecular complexity index is 1010. The minimum atomic E-state index is -0.460. The van der Waals surface area contributed by atoms with Crippen LogP contribution in [0, 0.1) is 0 Å². The molecular weight excluding hydrogens is 388 g/mol. The summed E-state index contributed by atoms with van der Waals surface area (Å²) in [4.78, 5) is 39.0. The van der Waals surface area contributed by atoms with Gasteiger partial charge in [-0.3, -0.25) is 25.2 Å². The molecule has 2 aromatic carbocycles. The molecule has 0 radical (unpaired) electrons. The van der Waals surface area contributed by atoms with E-state index in [0.717, 1.165) is 5.69 Å². The second-order valence-electron chi connectivity index (χ2n) is 6.36. The molecule has 148 valence electrons. The van der Waals surface area contributed by atoms with E-state index >= 15 is 0 Å². The molecule has 0 aliphatic rings. The van der Waals surface area contributed by atoms with Crippen molar-refractivity contribution in [3.05, 3.63) is 82.0 Å². The van der Waals surface area contributed by atoms with Gasteiger partial charge in [-0.1, -0.05) is 12.1 Å². The van der Waals surface area contributed by atoms with E-state index in [0.29, 0.717) is 21.7 Å². The Morgan fingerprint density at radius 3 is 2.10 bits per heavy atom. The predicted octanol–water partition coefficient (Wildman–Crippen LogP) is 3.14. The van der Waals surface area contributed by atoms with Crippen molar-refractivity contribution in [2.75, 3.05) is 24.3 Å². The lowest BCUT2D eigenvalue weighted by Crippen LogP contribution is -2.41. The smallest absolute Gasteiger partial charge is 0.269 e. The molecule has 3 aromatic rings. The van der Waals surface area contributed by atoms with E-state index in [4.69, 9.17) is 0 Å². The summed E-state index contributed by atoms with van der Waals surface area (Å²) in [5.74, 6) is -1.08. The van der Waals surface area contributed by atoms with E-state index in [1.165, 1.54) is 11.3 Å². The molecule has 8 heteroatoms. The van der Waals surface area contributed by atoms with Gasteiger partial charge in [0.05, 0.1) is 4.88 Å². The summed E-state index contributed by atoms with van der Waals surface area (Å²) in [7, 11) is 3.76. The summed E-state index contributed by atoms with van der Waals surface area (Å²) >= 11 is 1.35. The highest BCUT2D eigenvalue weighted by molar-refractivity contribution is 7.12. The molecule has 3 amide bonds. The fraction of sp³-hybridized carbons (Fsp3) is 0.0952. The summed E-state index contributed by atoms with van der Waals surface area (Å²) in [5, 5.41) is 4.59. The first-order valence-corrected chi connectivity index (χ1v) is 9.65. The number of thiophene rings is 1. The topological polar surface area (TPSA) is 90.5 Å². The van der Waals surface area contributed by atoms with Gasteiger partial charge in [0.15, 0.2) is 0 Å². The summed E-state index contributed by atoms with van der Waals surface area (Å²) in [6.07, 6.45) is 0. The van der Waals surface area contributed by atoms with Gasteiger partial charge in [0.25, 0.3) is 17.7 Å². The van der Waals surface area contributed by atoms with Crippen molar-refractivity contribution in [2.45, 2.75) is 0 Å². The van der Waals surface area contributed by atoms with Gasteiger partial charge in [0.1, 0.15) is 0 Å². The molecule has 3 rings (SSSR count). The van der Waals surface area contributed by atoms with Crippen LogP contribution in [0.4, 0.5) is 11.4 Å². The van der Waals surface area contributed by atoms with Gasteiger partial charge in [0, 0.05) is 36.6 Å². The lowest BCUT2D eigenvalue weighted by atomic mass is 10.2. The Labute approximate surface area is 172 Å². The standard InChI is InChI=1S/C21H20N4O3S/c1-25(2)17-6-3-5-15(13-17)20(27)24-23-19(26)14-8-10-16(11-9-14)22-21(28)18-7-4-12-29-18/h3-13H,1-2H3,(H,22,28)(H,23,26)(H,24,27). The monoisotopic (exact) mass is 408 g/mol. The molecule has 0 aliphatic heterocycles. The Balaban J connectivity index is 1.56. The first kappa shape index (κ1) is 20.1. The number of carbonyl (C=O) groups excluding carboxylic acids is 3. The average molecular weight is 408 g/mol. The van der Waals surface area contributed by atoms with Gasteiger partial charge >= 0.3 is 0 Å². The third-order valence-electron chi connectivity index (χ3n) is 4.06. The molecule has 1 heterocycles. The van der Waals surface area contributed by atoms with Gasteiger partial charge in [-0.15, -0.1) is 11.3 Å². The Morgan fingerprint density at radius 2 is 1.48 bits per heavy atom. The molecule has 3 N–H and O–H groups in total. The number of anilines is 2. The lowest BCUT2D eigenvalue weighted by molar-refractivity contribution is 0.0846. The molecule has 0 saturated carbocycles. The van der Waals surface area contributed by atoms with Gasteiger partial charge in [-0.2, -0.15) is 0 Å². The highest BCUT2D eigenvalue weighted by Crippen LogP contribution is 2.15. The maximum Gasteiger partial charge on any atom is 0.269 e. The number of hydrazine groups is 1. The molecule has 0 aliphatic carbocycles. The average Bonchev–Trinajstić information content (AvgIpc) is 3.27. The van der Waals surface area contributed by atoms with Crippen LogP contribution in [0.15, 0.2) is 66.0 Å². The highest BCUT2D eigenvalue weighted by Gasteiger charge is 2.11. The van der Waals surface area contributed by atoms with Gasteiger partial charge < -0.3 is 10.2 Å². The second kappa shape index (κ2) is 9.03. The summed E-state index contributed by atoms with van der Waals surface area (Å²) in [6.45, 7) is 0. The van der Waals surface area contributed by atoms with Crippen LogP contribution >= 0.6 is 11.3 Å². The highest BCUT2D eigenvalue weighted by atomic mass is 32.1. The number of nitrogens with one attached hydrogen (secondary N) is 3. The number of amides is 3. The number of hydrogen-bond acceptors (Lipinski definition) is 5. The van der Waals surface area contributed by atoms with Crippen molar-refractivity contribution >= 4 is 40.4 Å². The largest absolute Gasteiger partial charge is 0.378 e. The number of rotatable bonds is 5. The van der Waals surface area contributed by atoms with E-state index < -0.39 is 11.8 Å². The van der Waals surface area contributed by atoms with Crippen molar-refractivity contribution in [3.8, 4) is 0 Å². The van der Waals surface area contributed by atoms with Crippen molar-refractivity contribution in [2.24, 2.45) is 0 Å². The zero-order chi connectivity index (χ0) is 20.8. The molecule has 7 nitrogen and oxygen atoms in total. The lowest BCUT2D eigenvalue weighted by Gasteiger charge is -2.13. The van der Waals surface area contributed by atoms with Gasteiger partial charge in [-0.05, 0) is 53.9 Å². The molecule has 0 saturated heterocycles. The molecule has 0 spiro atoms. The first-order chi connectivity index (χ1) is 13.9. The van der Waals surface area contributed by atoms with E-state index in [1.54, 1.807) is 54.6 Å². The second-order valence-corrected chi connectivity index (χ2v) is 7.31. The predicted molar refractivity (Wildman–Crippen MR) is 114 cm³/mol. The van der Waals surface area contributed by atoms with Gasteiger partial charge in [0.2, 0.25) is 0 Å². The Hall–Kier alpha value is -3.65. The minimum absolute atomic E-state index is 0.204. The van der Waals surface area contributed by atoms with E-state index in [9.17, 15) is 14.4 Å². The molecule has 0 unspecified atom stereocenters. The van der Waals surface area contributed by atoms with Gasteiger partial charge in [-0.25, -0.2) is 0 Å². The number of carbonyl (C=O) groups is 3. The van der Waals surface area contributed by atoms with Crippen LogP contribution in [0.3, 0.4) is 0 Å². The first-order valence-electron chi connectivity index (χ1n) is 8.77. The van der Waals surface area contributed by atoms with Crippen molar-refractivity contribution < 1.29 is 14.4 Å². The van der Waals surface area contributed by atoms with Crippen LogP contribution in [-0.2, 0) is 0 Å². The van der Waals surface area contributed by atoms with E-state index in [2.05, 4.69) is 16.2 Å². The fourth-order valence-electron chi connectivity index (χ4n) is 2.49. The van der Waals surface area contributed by atoms with E-state index in [-0.39, 0.29) is 5.91 Å². The van der Waals surface area contributed by atoms with Crippen molar-refractivity contribution in [1.29, 1.82) is 0 Å². The third kappa shape index (κ3) is 5.20. The molecule has 1 aromatic heterocycles. The Kier molecular flexibility index (Phi) is 6.25. The normalized spacial score (nSPS) is 10.1. The summed E-state index contributed by atoms with van der Waals surface area (Å²) in [5.41, 5.74) is 7.03. The SMILES string of the molecule is CN(C)c1cccc(C(=O)NNC(=O)c2ccc(NC(=O)c3cccs3)cc2)c1. The van der Waals surface area contributed by atoms with Crippen molar-refractivity contribution in [1.82, 2.24) is 10.9 Å². The van der Waals surface area contributed by atoms with Crippen LogP contribution in [0.1, 0.15) is 30.4 Å². The fourth-order valence-corrected chi connectivity index (χ4v) is 3.11. The minimum Gasteiger partial charge on any atom is -0.378 e. The zero-order valence-electron chi connectivity index (χ0n) is 15.9. The summed E-state index contributed by atoms with van der Waals surface area (Å²) < 4.78 is 0.